The molecule has 10 heteroatoms. The molecule has 1 aliphatic heterocycles. The lowest BCUT2D eigenvalue weighted by Crippen LogP contribution is -2.49. The Balaban J connectivity index is 1.34. The maximum Gasteiger partial charge on any atom is 0.270 e. The summed E-state index contributed by atoms with van der Waals surface area (Å²) >= 11 is 0. The first-order valence-corrected chi connectivity index (χ1v) is 10.4. The molecule has 31 heavy (non-hydrogen) atoms. The van der Waals surface area contributed by atoms with Gasteiger partial charge in [-0.2, -0.15) is 5.10 Å². The number of nitrogens with two attached hydrogens (primary N) is 1. The van der Waals surface area contributed by atoms with Crippen molar-refractivity contribution in [1.82, 2.24) is 20.1 Å². The first kappa shape index (κ1) is 22.7. The van der Waals surface area contributed by atoms with Crippen LogP contribution in [-0.4, -0.2) is 71.5 Å². The van der Waals surface area contributed by atoms with Crippen LogP contribution in [0.4, 0.5) is 5.82 Å². The highest BCUT2D eigenvalue weighted by Gasteiger charge is 2.21. The summed E-state index contributed by atoms with van der Waals surface area (Å²) in [4.78, 5) is 32.5. The van der Waals surface area contributed by atoms with Crippen LogP contribution in [0.2, 0.25) is 0 Å². The summed E-state index contributed by atoms with van der Waals surface area (Å²) in [6, 6.07) is 3.95. The van der Waals surface area contributed by atoms with Crippen molar-refractivity contribution in [2.75, 3.05) is 44.3 Å². The van der Waals surface area contributed by atoms with E-state index in [1.54, 1.807) is 13.1 Å². The molecule has 3 rings (SSSR count). The van der Waals surface area contributed by atoms with Crippen LogP contribution in [0.5, 0.6) is 5.75 Å². The van der Waals surface area contributed by atoms with Crippen LogP contribution in [0, 0.1) is 6.92 Å². The van der Waals surface area contributed by atoms with E-state index in [-0.39, 0.29) is 17.6 Å². The highest BCUT2D eigenvalue weighted by molar-refractivity contribution is 5.76. The van der Waals surface area contributed by atoms with Gasteiger partial charge in [-0.05, 0) is 25.5 Å². The minimum atomic E-state index is -0.278. The van der Waals surface area contributed by atoms with Crippen LogP contribution in [0.3, 0.4) is 0 Å². The van der Waals surface area contributed by atoms with Crippen LogP contribution in [0.1, 0.15) is 24.5 Å². The normalized spacial score (nSPS) is 15.1. The maximum absolute atomic E-state index is 12.5. The molecule has 0 unspecified atom stereocenters. The topological polar surface area (TPSA) is 127 Å². The number of amides is 1. The van der Waals surface area contributed by atoms with Gasteiger partial charge in [0.25, 0.3) is 5.56 Å². The second-order valence-electron chi connectivity index (χ2n) is 7.54. The predicted octanol–water partition coefficient (Wildman–Crippen LogP) is 0.455. The summed E-state index contributed by atoms with van der Waals surface area (Å²) in [5.74, 6) is 1.42. The number of hydrogen-bond acceptors (Lipinski definition) is 8. The average molecular weight is 431 g/mol. The molecule has 1 fully saturated rings. The predicted molar refractivity (Wildman–Crippen MR) is 116 cm³/mol. The van der Waals surface area contributed by atoms with Crippen molar-refractivity contribution < 1.29 is 14.3 Å². The molecular formula is C21H30N6O4. The molecule has 168 valence electrons. The van der Waals surface area contributed by atoms with Gasteiger partial charge < -0.3 is 25.0 Å². The van der Waals surface area contributed by atoms with Crippen molar-refractivity contribution in [3.05, 3.63) is 46.0 Å². The molecule has 0 radical (unpaired) electrons. The second-order valence-corrected chi connectivity index (χ2v) is 7.54. The SMILES string of the molecule is Cc1c(O[C@@H](C)COCCC(=O)N2CCN(c3ccc(CN)cn3)CC2)cn[nH]c1=O. The Hall–Kier alpha value is -2.98. The molecule has 1 atom stereocenters. The Morgan fingerprint density at radius 3 is 2.71 bits per heavy atom. The Bertz CT molecular complexity index is 909. The maximum atomic E-state index is 12.5. The van der Waals surface area contributed by atoms with E-state index in [0.29, 0.717) is 50.6 Å². The minimum absolute atomic E-state index is 0.0781. The molecule has 0 aliphatic carbocycles. The number of nitrogens with one attached hydrogen (secondary N) is 1. The Kier molecular flexibility index (Phi) is 7.96. The minimum Gasteiger partial charge on any atom is -0.486 e. The Labute approximate surface area is 181 Å². The van der Waals surface area contributed by atoms with Crippen molar-refractivity contribution in [3.8, 4) is 5.75 Å². The number of aromatic nitrogens is 3. The van der Waals surface area contributed by atoms with E-state index in [1.807, 2.05) is 24.0 Å². The number of aromatic amines is 1. The van der Waals surface area contributed by atoms with Gasteiger partial charge in [-0.3, -0.25) is 9.59 Å². The summed E-state index contributed by atoms with van der Waals surface area (Å²) in [5, 5.41) is 6.09. The smallest absolute Gasteiger partial charge is 0.270 e. The number of H-pyrrole nitrogens is 1. The fourth-order valence-corrected chi connectivity index (χ4v) is 3.29. The van der Waals surface area contributed by atoms with Crippen molar-refractivity contribution in [2.45, 2.75) is 32.9 Å². The number of anilines is 1. The lowest BCUT2D eigenvalue weighted by atomic mass is 10.2. The number of piperazine rings is 1. The highest BCUT2D eigenvalue weighted by atomic mass is 16.5. The molecule has 1 aliphatic rings. The monoisotopic (exact) mass is 430 g/mol. The third kappa shape index (κ3) is 6.25. The van der Waals surface area contributed by atoms with Gasteiger partial charge in [-0.1, -0.05) is 6.07 Å². The van der Waals surface area contributed by atoms with Gasteiger partial charge >= 0.3 is 0 Å². The van der Waals surface area contributed by atoms with Crippen LogP contribution in [0.25, 0.3) is 0 Å². The number of ether oxygens (including phenoxy) is 2. The molecular weight excluding hydrogens is 400 g/mol. The number of carbonyl (C=O) groups excluding carboxylic acids is 1. The highest BCUT2D eigenvalue weighted by Crippen LogP contribution is 2.15. The molecule has 3 N–H and O–H groups in total. The third-order valence-electron chi connectivity index (χ3n) is 5.20. The van der Waals surface area contributed by atoms with Crippen molar-refractivity contribution in [2.24, 2.45) is 5.73 Å². The number of pyridine rings is 1. The Morgan fingerprint density at radius 2 is 2.03 bits per heavy atom. The van der Waals surface area contributed by atoms with Crippen LogP contribution >= 0.6 is 0 Å². The molecule has 0 aromatic carbocycles. The largest absolute Gasteiger partial charge is 0.486 e. The third-order valence-corrected chi connectivity index (χ3v) is 5.20. The van der Waals surface area contributed by atoms with E-state index in [1.165, 1.54) is 6.20 Å². The van der Waals surface area contributed by atoms with Gasteiger partial charge in [0.05, 0.1) is 31.4 Å². The molecule has 2 aromatic rings. The number of hydrogen-bond donors (Lipinski definition) is 2. The molecule has 0 bridgehead atoms. The standard InChI is InChI=1S/C21H30N6O4/c1-15(31-18-13-24-25-21(29)16(18)2)14-30-10-5-20(28)27-8-6-26(7-9-27)19-4-3-17(11-22)12-23-19/h3-4,12-13,15H,5-11,14,22H2,1-2H3,(H,25,29)/t15-/m0/s1. The molecule has 10 nitrogen and oxygen atoms in total. The molecule has 0 spiro atoms. The molecule has 2 aromatic heterocycles. The van der Waals surface area contributed by atoms with Crippen molar-refractivity contribution in [3.63, 3.8) is 0 Å². The van der Waals surface area contributed by atoms with Crippen molar-refractivity contribution in [1.29, 1.82) is 0 Å². The van der Waals surface area contributed by atoms with Gasteiger partial charge in [0.15, 0.2) is 0 Å². The summed E-state index contributed by atoms with van der Waals surface area (Å²) < 4.78 is 11.3. The molecule has 0 saturated carbocycles. The van der Waals surface area contributed by atoms with E-state index < -0.39 is 0 Å². The zero-order valence-electron chi connectivity index (χ0n) is 18.0. The van der Waals surface area contributed by atoms with Gasteiger partial charge in [0.1, 0.15) is 17.7 Å². The van der Waals surface area contributed by atoms with Gasteiger partial charge in [-0.15, -0.1) is 0 Å². The summed E-state index contributed by atoms with van der Waals surface area (Å²) in [7, 11) is 0. The first-order valence-electron chi connectivity index (χ1n) is 10.4. The van der Waals surface area contributed by atoms with E-state index in [2.05, 4.69) is 20.1 Å². The Morgan fingerprint density at radius 1 is 1.26 bits per heavy atom. The molecule has 1 amide bonds. The molecule has 1 saturated heterocycles. The number of rotatable bonds is 9. The quantitative estimate of drug-likeness (QED) is 0.549. The van der Waals surface area contributed by atoms with Gasteiger partial charge in [0.2, 0.25) is 5.91 Å². The number of carbonyl (C=O) groups is 1. The summed E-state index contributed by atoms with van der Waals surface area (Å²) in [6.07, 6.45) is 3.32. The van der Waals surface area contributed by atoms with Crippen LogP contribution in [-0.2, 0) is 16.1 Å². The fraction of sp³-hybridized carbons (Fsp3) is 0.524. The zero-order chi connectivity index (χ0) is 22.2. The van der Waals surface area contributed by atoms with Crippen molar-refractivity contribution >= 4 is 11.7 Å². The van der Waals surface area contributed by atoms with Gasteiger partial charge in [0, 0.05) is 38.9 Å². The van der Waals surface area contributed by atoms with E-state index >= 15 is 0 Å². The fourth-order valence-electron chi connectivity index (χ4n) is 3.29. The lowest BCUT2D eigenvalue weighted by molar-refractivity contribution is -0.132. The number of nitrogens with zero attached hydrogens (tertiary/aromatic N) is 4. The summed E-state index contributed by atoms with van der Waals surface area (Å²) in [5.41, 5.74) is 6.81. The summed E-state index contributed by atoms with van der Waals surface area (Å²) in [6.45, 7) is 7.45. The lowest BCUT2D eigenvalue weighted by Gasteiger charge is -2.35. The van der Waals surface area contributed by atoms with Gasteiger partial charge in [-0.25, -0.2) is 10.1 Å². The van der Waals surface area contributed by atoms with Crippen LogP contribution in [0.15, 0.2) is 29.3 Å². The first-order chi connectivity index (χ1) is 15.0. The van der Waals surface area contributed by atoms with E-state index in [9.17, 15) is 9.59 Å². The van der Waals surface area contributed by atoms with Crippen LogP contribution < -0.4 is 20.9 Å². The van der Waals surface area contributed by atoms with E-state index in [0.717, 1.165) is 24.5 Å². The zero-order valence-corrected chi connectivity index (χ0v) is 18.0. The average Bonchev–Trinajstić information content (AvgIpc) is 2.80. The van der Waals surface area contributed by atoms with E-state index in [4.69, 9.17) is 15.2 Å². The molecule has 3 heterocycles. The second kappa shape index (κ2) is 10.9.